The van der Waals surface area contributed by atoms with Crippen LogP contribution in [0.1, 0.15) is 42.9 Å². The summed E-state index contributed by atoms with van der Waals surface area (Å²) in [7, 11) is 0. The number of rotatable bonds is 1. The molecule has 1 heteroatoms. The average molecular weight is 213 g/mol. The van der Waals surface area contributed by atoms with Crippen LogP contribution in [0.2, 0.25) is 0 Å². The molecule has 2 rings (SSSR count). The maximum Gasteiger partial charge on any atom is 0.0847 e. The lowest BCUT2D eigenvalue weighted by Crippen LogP contribution is -2.27. The minimum Gasteiger partial charge on any atom is -0.197 e. The predicted molar refractivity (Wildman–Crippen MR) is 66.2 cm³/mol. The first kappa shape index (κ1) is 11.2. The third-order valence-corrected chi connectivity index (χ3v) is 4.27. The minimum atomic E-state index is -0.224. The lowest BCUT2D eigenvalue weighted by atomic mass is 9.73. The molecule has 0 aliphatic heterocycles. The van der Waals surface area contributed by atoms with E-state index in [2.05, 4.69) is 45.0 Å². The van der Waals surface area contributed by atoms with E-state index < -0.39 is 0 Å². The van der Waals surface area contributed by atoms with Gasteiger partial charge in [0, 0.05) is 0 Å². The molecule has 0 N–H and O–H groups in total. The molecule has 0 bridgehead atoms. The van der Waals surface area contributed by atoms with E-state index in [-0.39, 0.29) is 5.41 Å². The Morgan fingerprint density at radius 3 is 2.56 bits per heavy atom. The number of hydrogen-bond acceptors (Lipinski definition) is 1. The molecule has 1 nitrogen and oxygen atoms in total. The quantitative estimate of drug-likeness (QED) is 0.694. The van der Waals surface area contributed by atoms with Gasteiger partial charge in [0.05, 0.1) is 11.5 Å². The van der Waals surface area contributed by atoms with E-state index >= 15 is 0 Å². The molecule has 0 heterocycles. The average Bonchev–Trinajstić information content (AvgIpc) is 2.65. The molecule has 2 atom stereocenters. The Labute approximate surface area is 98.1 Å². The molecule has 2 unspecified atom stereocenters. The van der Waals surface area contributed by atoms with Crippen LogP contribution in [0.25, 0.3) is 0 Å². The first-order valence-corrected chi connectivity index (χ1v) is 6.09. The van der Waals surface area contributed by atoms with Crippen molar-refractivity contribution < 1.29 is 0 Å². The SMILES string of the molecule is Cc1ccc(C2(C#N)CCCC2C)cc1C. The second-order valence-corrected chi connectivity index (χ2v) is 5.18. The van der Waals surface area contributed by atoms with E-state index in [0.29, 0.717) is 5.92 Å². The summed E-state index contributed by atoms with van der Waals surface area (Å²) in [4.78, 5) is 0. The molecule has 1 aromatic carbocycles. The fourth-order valence-electron chi connectivity index (χ4n) is 2.86. The van der Waals surface area contributed by atoms with Crippen LogP contribution in [0.15, 0.2) is 18.2 Å². The summed E-state index contributed by atoms with van der Waals surface area (Å²) >= 11 is 0. The largest absolute Gasteiger partial charge is 0.197 e. The van der Waals surface area contributed by atoms with Crippen molar-refractivity contribution in [3.63, 3.8) is 0 Å². The van der Waals surface area contributed by atoms with Crippen molar-refractivity contribution in [3.05, 3.63) is 34.9 Å². The van der Waals surface area contributed by atoms with Crippen molar-refractivity contribution in [1.29, 1.82) is 5.26 Å². The van der Waals surface area contributed by atoms with E-state index in [1.54, 1.807) is 0 Å². The highest BCUT2D eigenvalue weighted by Crippen LogP contribution is 2.45. The van der Waals surface area contributed by atoms with Crippen LogP contribution in [0.5, 0.6) is 0 Å². The molecule has 1 aliphatic rings. The van der Waals surface area contributed by atoms with Gasteiger partial charge in [-0.3, -0.25) is 0 Å². The molecule has 1 aliphatic carbocycles. The zero-order valence-electron chi connectivity index (χ0n) is 10.4. The van der Waals surface area contributed by atoms with Crippen LogP contribution in [-0.4, -0.2) is 0 Å². The molecule has 0 aromatic heterocycles. The Morgan fingerprint density at radius 1 is 1.31 bits per heavy atom. The maximum absolute atomic E-state index is 9.55. The highest BCUT2D eigenvalue weighted by molar-refractivity contribution is 5.40. The predicted octanol–water partition coefficient (Wildman–Crippen LogP) is 3.88. The molecule has 16 heavy (non-hydrogen) atoms. The molecular formula is C15H19N. The van der Waals surface area contributed by atoms with Gasteiger partial charge in [-0.05, 0) is 49.3 Å². The molecule has 1 aromatic rings. The van der Waals surface area contributed by atoms with Gasteiger partial charge in [0.15, 0.2) is 0 Å². The zero-order chi connectivity index (χ0) is 11.8. The van der Waals surface area contributed by atoms with E-state index in [4.69, 9.17) is 0 Å². The summed E-state index contributed by atoms with van der Waals surface area (Å²) < 4.78 is 0. The van der Waals surface area contributed by atoms with Gasteiger partial charge in [0.25, 0.3) is 0 Å². The van der Waals surface area contributed by atoms with Gasteiger partial charge in [0.1, 0.15) is 0 Å². The van der Waals surface area contributed by atoms with E-state index in [1.807, 2.05) is 0 Å². The number of nitriles is 1. The van der Waals surface area contributed by atoms with Crippen molar-refractivity contribution in [2.75, 3.05) is 0 Å². The Balaban J connectivity index is 2.49. The highest BCUT2D eigenvalue weighted by Gasteiger charge is 2.42. The second-order valence-electron chi connectivity index (χ2n) is 5.18. The summed E-state index contributed by atoms with van der Waals surface area (Å²) in [5.41, 5.74) is 3.61. The lowest BCUT2D eigenvalue weighted by Gasteiger charge is -2.27. The first-order chi connectivity index (χ1) is 7.60. The van der Waals surface area contributed by atoms with Crippen LogP contribution in [0, 0.1) is 31.1 Å². The van der Waals surface area contributed by atoms with Crippen molar-refractivity contribution in [3.8, 4) is 6.07 Å². The van der Waals surface area contributed by atoms with Gasteiger partial charge in [-0.1, -0.05) is 31.5 Å². The molecule has 1 fully saturated rings. The molecule has 0 amide bonds. The number of nitrogens with zero attached hydrogens (tertiary/aromatic N) is 1. The third-order valence-electron chi connectivity index (χ3n) is 4.27. The Morgan fingerprint density at radius 2 is 2.06 bits per heavy atom. The van der Waals surface area contributed by atoms with Gasteiger partial charge in [-0.25, -0.2) is 0 Å². The van der Waals surface area contributed by atoms with Crippen LogP contribution < -0.4 is 0 Å². The highest BCUT2D eigenvalue weighted by atomic mass is 14.5. The standard InChI is InChI=1S/C15H19N/c1-11-6-7-14(9-12(11)2)15(10-16)8-4-5-13(15)3/h6-7,9,13H,4-5,8H2,1-3H3. The van der Waals surface area contributed by atoms with Crippen LogP contribution in [-0.2, 0) is 5.41 Å². The number of benzene rings is 1. The van der Waals surface area contributed by atoms with Gasteiger partial charge >= 0.3 is 0 Å². The topological polar surface area (TPSA) is 23.8 Å². The first-order valence-electron chi connectivity index (χ1n) is 6.09. The molecule has 0 radical (unpaired) electrons. The third kappa shape index (κ3) is 1.53. The van der Waals surface area contributed by atoms with Crippen molar-refractivity contribution in [2.45, 2.75) is 45.4 Å². The summed E-state index contributed by atoms with van der Waals surface area (Å²) in [6.45, 7) is 6.46. The zero-order valence-corrected chi connectivity index (χ0v) is 10.4. The van der Waals surface area contributed by atoms with E-state index in [0.717, 1.165) is 6.42 Å². The molecular weight excluding hydrogens is 194 g/mol. The summed E-state index contributed by atoms with van der Waals surface area (Å²) in [5, 5.41) is 9.55. The van der Waals surface area contributed by atoms with Crippen molar-refractivity contribution >= 4 is 0 Å². The fourth-order valence-corrected chi connectivity index (χ4v) is 2.86. The molecule has 84 valence electrons. The molecule has 0 spiro atoms. The van der Waals surface area contributed by atoms with Crippen LogP contribution in [0.4, 0.5) is 0 Å². The van der Waals surface area contributed by atoms with Crippen molar-refractivity contribution in [1.82, 2.24) is 0 Å². The second kappa shape index (κ2) is 3.94. The smallest absolute Gasteiger partial charge is 0.0847 e. The summed E-state index contributed by atoms with van der Waals surface area (Å²) in [6.07, 6.45) is 3.38. The summed E-state index contributed by atoms with van der Waals surface area (Å²) in [5.74, 6) is 0.486. The molecule has 0 saturated heterocycles. The van der Waals surface area contributed by atoms with Gasteiger partial charge < -0.3 is 0 Å². The Hall–Kier alpha value is -1.29. The maximum atomic E-state index is 9.55. The van der Waals surface area contributed by atoms with Gasteiger partial charge in [0.2, 0.25) is 0 Å². The number of hydrogen-bond donors (Lipinski definition) is 0. The number of aryl methyl sites for hydroxylation is 2. The van der Waals surface area contributed by atoms with E-state index in [1.165, 1.54) is 29.5 Å². The fraction of sp³-hybridized carbons (Fsp3) is 0.533. The van der Waals surface area contributed by atoms with Crippen molar-refractivity contribution in [2.24, 2.45) is 5.92 Å². The lowest BCUT2D eigenvalue weighted by molar-refractivity contribution is 0.431. The van der Waals surface area contributed by atoms with E-state index in [9.17, 15) is 5.26 Å². The van der Waals surface area contributed by atoms with Gasteiger partial charge in [-0.2, -0.15) is 5.26 Å². The summed E-state index contributed by atoms with van der Waals surface area (Å²) in [6, 6.07) is 9.09. The Kier molecular flexibility index (Phi) is 2.76. The van der Waals surface area contributed by atoms with Crippen LogP contribution in [0.3, 0.4) is 0 Å². The van der Waals surface area contributed by atoms with Gasteiger partial charge in [-0.15, -0.1) is 0 Å². The Bertz CT molecular complexity index is 441. The minimum absolute atomic E-state index is 0.224. The van der Waals surface area contributed by atoms with Crippen LogP contribution >= 0.6 is 0 Å². The monoisotopic (exact) mass is 213 g/mol. The molecule has 1 saturated carbocycles. The normalized spacial score (nSPS) is 29.0.